The molecule has 0 aliphatic carbocycles. The van der Waals surface area contributed by atoms with Gasteiger partial charge in [0, 0.05) is 61.1 Å². The van der Waals surface area contributed by atoms with Crippen LogP contribution in [-0.2, 0) is 9.59 Å². The van der Waals surface area contributed by atoms with Crippen LogP contribution in [0.25, 0.3) is 11.3 Å². The summed E-state index contributed by atoms with van der Waals surface area (Å²) >= 11 is 0. The van der Waals surface area contributed by atoms with Crippen LogP contribution in [0.3, 0.4) is 0 Å². The summed E-state index contributed by atoms with van der Waals surface area (Å²) < 4.78 is 0. The van der Waals surface area contributed by atoms with Crippen molar-refractivity contribution in [1.29, 1.82) is 0 Å². The summed E-state index contributed by atoms with van der Waals surface area (Å²) in [6, 6.07) is 23.8. The molecule has 0 saturated carbocycles. The first-order valence-corrected chi connectivity index (χ1v) is 12.9. The number of nitrogens with one attached hydrogen (secondary N) is 3. The van der Waals surface area contributed by atoms with Crippen LogP contribution in [0.5, 0.6) is 0 Å². The van der Waals surface area contributed by atoms with Crippen LogP contribution in [0.15, 0.2) is 72.8 Å². The first-order valence-electron chi connectivity index (χ1n) is 12.9. The van der Waals surface area contributed by atoms with Crippen LogP contribution < -0.4 is 20.9 Å². The molecule has 0 aromatic heterocycles. The number of hydrogen-bond acceptors (Lipinski definition) is 5. The lowest BCUT2D eigenvalue weighted by Gasteiger charge is -2.34. The molecule has 2 amide bonds. The van der Waals surface area contributed by atoms with Crippen molar-refractivity contribution in [3.63, 3.8) is 0 Å². The van der Waals surface area contributed by atoms with E-state index >= 15 is 0 Å². The molecule has 0 atom stereocenters. The largest absolute Gasteiger partial charge is 0.369 e. The van der Waals surface area contributed by atoms with Crippen LogP contribution in [-0.4, -0.2) is 56.5 Å². The highest BCUT2D eigenvalue weighted by Gasteiger charge is 2.28. The summed E-state index contributed by atoms with van der Waals surface area (Å²) in [7, 11) is 2.15. The van der Waals surface area contributed by atoms with E-state index in [4.69, 9.17) is 0 Å². The fraction of sp³-hybridized carbons (Fsp3) is 0.226. The first-order chi connectivity index (χ1) is 18.5. The molecule has 38 heavy (non-hydrogen) atoms. The van der Waals surface area contributed by atoms with E-state index in [1.807, 2.05) is 49.4 Å². The fourth-order valence-electron chi connectivity index (χ4n) is 4.68. The van der Waals surface area contributed by atoms with E-state index < -0.39 is 0 Å². The van der Waals surface area contributed by atoms with Gasteiger partial charge in [0.15, 0.2) is 0 Å². The lowest BCUT2D eigenvalue weighted by molar-refractivity contribution is -0.115. The molecule has 7 nitrogen and oxygen atoms in total. The van der Waals surface area contributed by atoms with Gasteiger partial charge < -0.3 is 25.8 Å². The summed E-state index contributed by atoms with van der Waals surface area (Å²) in [5.74, 6) is 4.94. The van der Waals surface area contributed by atoms with E-state index in [0.717, 1.165) is 48.7 Å². The average molecular weight is 506 g/mol. The standard InChI is InChI=1S/C31H31N5O2/c1-3-32-28(37)16-10-22-9-15-26-27(21-22)34-31(38)29(26)30(23-7-5-4-6-8-23)33-24-11-13-25(14-12-24)36-19-17-35(2)18-20-36/h4-9,11-15,21,33H,3,17-20H2,1-2H3,(H,32,37)(H,34,38)/b30-29+. The Balaban J connectivity index is 1.47. The molecule has 5 rings (SSSR count). The molecule has 0 unspecified atom stereocenters. The predicted molar refractivity (Wildman–Crippen MR) is 154 cm³/mol. The zero-order valence-electron chi connectivity index (χ0n) is 21.7. The van der Waals surface area contributed by atoms with Gasteiger partial charge in [0.05, 0.1) is 17.0 Å². The Labute approximate surface area is 223 Å². The minimum Gasteiger partial charge on any atom is -0.369 e. The zero-order valence-corrected chi connectivity index (χ0v) is 21.7. The van der Waals surface area contributed by atoms with Crippen molar-refractivity contribution in [3.05, 3.63) is 89.5 Å². The topological polar surface area (TPSA) is 76.7 Å². The lowest BCUT2D eigenvalue weighted by atomic mass is 9.99. The molecule has 1 saturated heterocycles. The van der Waals surface area contributed by atoms with Gasteiger partial charge in [0.1, 0.15) is 0 Å². The number of amides is 2. The van der Waals surface area contributed by atoms with Crippen LogP contribution in [0, 0.1) is 11.8 Å². The number of carbonyl (C=O) groups is 2. The van der Waals surface area contributed by atoms with Gasteiger partial charge in [-0.15, -0.1) is 0 Å². The van der Waals surface area contributed by atoms with Crippen molar-refractivity contribution in [2.45, 2.75) is 6.92 Å². The van der Waals surface area contributed by atoms with Crippen LogP contribution in [0.4, 0.5) is 17.1 Å². The molecule has 2 heterocycles. The molecular weight excluding hydrogens is 474 g/mol. The van der Waals surface area contributed by atoms with Gasteiger partial charge in [-0.25, -0.2) is 0 Å². The molecule has 3 aromatic carbocycles. The third-order valence-corrected chi connectivity index (χ3v) is 6.74. The van der Waals surface area contributed by atoms with E-state index in [9.17, 15) is 9.59 Å². The molecule has 3 N–H and O–H groups in total. The molecule has 1 fully saturated rings. The van der Waals surface area contributed by atoms with Gasteiger partial charge in [-0.3, -0.25) is 9.59 Å². The maximum Gasteiger partial charge on any atom is 0.296 e. The number of anilines is 3. The van der Waals surface area contributed by atoms with Gasteiger partial charge in [0.25, 0.3) is 11.8 Å². The number of nitrogens with zero attached hydrogens (tertiary/aromatic N) is 2. The molecule has 0 radical (unpaired) electrons. The summed E-state index contributed by atoms with van der Waals surface area (Å²) in [4.78, 5) is 29.7. The average Bonchev–Trinajstić information content (AvgIpc) is 3.26. The SMILES string of the molecule is CCNC(=O)C#Cc1ccc2c(c1)NC(=O)/C2=C(/Nc1ccc(N2CCN(C)CC2)cc1)c1ccccc1. The molecule has 2 aliphatic heterocycles. The lowest BCUT2D eigenvalue weighted by Crippen LogP contribution is -2.44. The number of piperazine rings is 1. The second-order valence-electron chi connectivity index (χ2n) is 9.40. The number of rotatable bonds is 5. The zero-order chi connectivity index (χ0) is 26.5. The molecule has 7 heteroatoms. The quantitative estimate of drug-likeness (QED) is 0.363. The molecule has 2 aliphatic rings. The van der Waals surface area contributed by atoms with E-state index in [2.05, 4.69) is 68.9 Å². The summed E-state index contributed by atoms with van der Waals surface area (Å²) in [6.45, 7) is 6.49. The Hall–Kier alpha value is -4.54. The van der Waals surface area contributed by atoms with Crippen molar-refractivity contribution in [3.8, 4) is 11.8 Å². The monoisotopic (exact) mass is 505 g/mol. The Bertz CT molecular complexity index is 1430. The maximum atomic E-state index is 13.3. The number of hydrogen-bond donors (Lipinski definition) is 3. The Kier molecular flexibility index (Phi) is 7.43. The van der Waals surface area contributed by atoms with Crippen molar-refractivity contribution >= 4 is 40.1 Å². The van der Waals surface area contributed by atoms with Crippen LogP contribution >= 0.6 is 0 Å². The van der Waals surface area contributed by atoms with Gasteiger partial charge in [-0.05, 0) is 55.9 Å². The van der Waals surface area contributed by atoms with E-state index in [1.165, 1.54) is 5.69 Å². The van der Waals surface area contributed by atoms with Gasteiger partial charge in [-0.2, -0.15) is 0 Å². The molecular formula is C31H31N5O2. The van der Waals surface area contributed by atoms with E-state index in [-0.39, 0.29) is 11.8 Å². The summed E-state index contributed by atoms with van der Waals surface area (Å²) in [5.41, 5.74) is 6.43. The van der Waals surface area contributed by atoms with Crippen molar-refractivity contribution < 1.29 is 9.59 Å². The highest BCUT2D eigenvalue weighted by Crippen LogP contribution is 2.38. The molecule has 192 valence electrons. The van der Waals surface area contributed by atoms with Crippen LogP contribution in [0.1, 0.15) is 23.6 Å². The van der Waals surface area contributed by atoms with E-state index in [1.54, 1.807) is 6.07 Å². The second kappa shape index (κ2) is 11.2. The van der Waals surface area contributed by atoms with Crippen LogP contribution in [0.2, 0.25) is 0 Å². The van der Waals surface area contributed by atoms with Crippen molar-refractivity contribution in [2.75, 3.05) is 55.3 Å². The molecule has 3 aromatic rings. The fourth-order valence-corrected chi connectivity index (χ4v) is 4.68. The summed E-state index contributed by atoms with van der Waals surface area (Å²) in [5, 5.41) is 9.16. The third-order valence-electron chi connectivity index (χ3n) is 6.74. The Morgan fingerprint density at radius 2 is 1.71 bits per heavy atom. The third kappa shape index (κ3) is 5.56. The number of fused-ring (bicyclic) bond motifs is 1. The van der Waals surface area contributed by atoms with Crippen molar-refractivity contribution in [1.82, 2.24) is 10.2 Å². The van der Waals surface area contributed by atoms with Gasteiger partial charge in [0.2, 0.25) is 0 Å². The second-order valence-corrected chi connectivity index (χ2v) is 9.40. The first kappa shape index (κ1) is 25.1. The highest BCUT2D eigenvalue weighted by molar-refractivity contribution is 6.37. The Morgan fingerprint density at radius 1 is 0.974 bits per heavy atom. The predicted octanol–water partition coefficient (Wildman–Crippen LogP) is 3.86. The minimum absolute atomic E-state index is 0.186. The molecule has 0 spiro atoms. The van der Waals surface area contributed by atoms with Gasteiger partial charge in [-0.1, -0.05) is 42.3 Å². The summed E-state index contributed by atoms with van der Waals surface area (Å²) in [6.07, 6.45) is 0. The Morgan fingerprint density at radius 3 is 2.42 bits per heavy atom. The van der Waals surface area contributed by atoms with Gasteiger partial charge >= 0.3 is 0 Å². The number of carbonyl (C=O) groups excluding carboxylic acids is 2. The normalized spacial score (nSPS) is 16.2. The number of likely N-dealkylation sites (N-methyl/N-ethyl adjacent to an activating group) is 1. The smallest absolute Gasteiger partial charge is 0.296 e. The van der Waals surface area contributed by atoms with Crippen molar-refractivity contribution in [2.24, 2.45) is 0 Å². The number of benzene rings is 3. The maximum absolute atomic E-state index is 13.3. The minimum atomic E-state index is -0.327. The highest BCUT2D eigenvalue weighted by atomic mass is 16.2. The van der Waals surface area contributed by atoms with E-state index in [0.29, 0.717) is 23.4 Å². The molecule has 0 bridgehead atoms.